The normalized spacial score (nSPS) is 35.0. The smallest absolute Gasteiger partial charge is 0.224 e. The number of piperidine rings is 1. The van der Waals surface area contributed by atoms with E-state index < -0.39 is 0 Å². The van der Waals surface area contributed by atoms with E-state index in [1.165, 1.54) is 25.7 Å². The van der Waals surface area contributed by atoms with Crippen molar-refractivity contribution >= 4 is 5.91 Å². The highest BCUT2D eigenvalue weighted by atomic mass is 16.1. The highest BCUT2D eigenvalue weighted by molar-refractivity contribution is 5.79. The summed E-state index contributed by atoms with van der Waals surface area (Å²) in [6.07, 6.45) is 7.16. The summed E-state index contributed by atoms with van der Waals surface area (Å²) >= 11 is 0. The molecule has 2 aliphatic rings. The van der Waals surface area contributed by atoms with Crippen LogP contribution in [0.2, 0.25) is 0 Å². The van der Waals surface area contributed by atoms with Gasteiger partial charge in [0, 0.05) is 18.6 Å². The van der Waals surface area contributed by atoms with Gasteiger partial charge in [-0.3, -0.25) is 4.79 Å². The minimum absolute atomic E-state index is 0.162. The third-order valence-corrected chi connectivity index (χ3v) is 5.28. The van der Waals surface area contributed by atoms with Gasteiger partial charge >= 0.3 is 0 Å². The van der Waals surface area contributed by atoms with Crippen molar-refractivity contribution in [3.63, 3.8) is 0 Å². The first-order valence-electron chi connectivity index (χ1n) is 8.19. The molecular formula is C16H31N3O. The van der Waals surface area contributed by atoms with Crippen molar-refractivity contribution in [1.29, 1.82) is 0 Å². The zero-order valence-electron chi connectivity index (χ0n) is 13.4. The van der Waals surface area contributed by atoms with Crippen LogP contribution in [0.4, 0.5) is 0 Å². The van der Waals surface area contributed by atoms with Gasteiger partial charge in [0.15, 0.2) is 0 Å². The summed E-state index contributed by atoms with van der Waals surface area (Å²) in [7, 11) is 4.32. The van der Waals surface area contributed by atoms with Crippen molar-refractivity contribution in [3.8, 4) is 0 Å². The van der Waals surface area contributed by atoms with Gasteiger partial charge in [0.2, 0.25) is 5.91 Å². The van der Waals surface area contributed by atoms with E-state index in [1.54, 1.807) is 0 Å². The van der Waals surface area contributed by atoms with Crippen LogP contribution in [0.3, 0.4) is 0 Å². The molecule has 0 aromatic carbocycles. The molecule has 1 amide bonds. The SMILES string of the molecule is CC1CCCC(CNC(=O)C2CCCNC2)(N(C)C)C1. The Morgan fingerprint density at radius 1 is 1.35 bits per heavy atom. The van der Waals surface area contributed by atoms with Crippen LogP contribution in [0.25, 0.3) is 0 Å². The molecule has 1 heterocycles. The Bertz CT molecular complexity index is 326. The molecule has 4 nitrogen and oxygen atoms in total. The van der Waals surface area contributed by atoms with Crippen molar-refractivity contribution in [3.05, 3.63) is 0 Å². The molecule has 1 aliphatic carbocycles. The molecule has 3 atom stereocenters. The predicted molar refractivity (Wildman–Crippen MR) is 82.7 cm³/mol. The van der Waals surface area contributed by atoms with Crippen molar-refractivity contribution in [2.45, 2.75) is 51.0 Å². The maximum absolute atomic E-state index is 12.3. The largest absolute Gasteiger partial charge is 0.354 e. The van der Waals surface area contributed by atoms with Crippen LogP contribution in [-0.4, -0.2) is 50.1 Å². The lowest BCUT2D eigenvalue weighted by Crippen LogP contribution is -2.56. The molecule has 0 radical (unpaired) electrons. The molecular weight excluding hydrogens is 250 g/mol. The lowest BCUT2D eigenvalue weighted by molar-refractivity contribution is -0.126. The van der Waals surface area contributed by atoms with Gasteiger partial charge in [0.1, 0.15) is 0 Å². The quantitative estimate of drug-likeness (QED) is 0.823. The monoisotopic (exact) mass is 281 g/mol. The third kappa shape index (κ3) is 3.73. The number of likely N-dealkylation sites (N-methyl/N-ethyl adjacent to an activating group) is 1. The van der Waals surface area contributed by atoms with Crippen molar-refractivity contribution in [2.75, 3.05) is 33.7 Å². The number of rotatable bonds is 4. The molecule has 1 saturated heterocycles. The molecule has 116 valence electrons. The second-order valence-electron chi connectivity index (χ2n) is 7.08. The van der Waals surface area contributed by atoms with E-state index in [0.29, 0.717) is 0 Å². The van der Waals surface area contributed by atoms with Crippen molar-refractivity contribution < 1.29 is 4.79 Å². The fraction of sp³-hybridized carbons (Fsp3) is 0.938. The van der Waals surface area contributed by atoms with Crippen LogP contribution in [0.5, 0.6) is 0 Å². The summed E-state index contributed by atoms with van der Waals surface area (Å²) in [6, 6.07) is 0. The van der Waals surface area contributed by atoms with Gasteiger partial charge in [0.25, 0.3) is 0 Å². The van der Waals surface area contributed by atoms with Crippen LogP contribution in [-0.2, 0) is 4.79 Å². The standard InChI is InChI=1S/C16H31N3O/c1-13-6-4-8-16(10-13,19(2)3)12-18-15(20)14-7-5-9-17-11-14/h13-14,17H,4-12H2,1-3H3,(H,18,20). The Labute approximate surface area is 123 Å². The maximum atomic E-state index is 12.3. The molecule has 0 bridgehead atoms. The lowest BCUT2D eigenvalue weighted by atomic mass is 9.75. The number of nitrogens with one attached hydrogen (secondary N) is 2. The van der Waals surface area contributed by atoms with E-state index in [2.05, 4.69) is 36.6 Å². The van der Waals surface area contributed by atoms with Crippen LogP contribution in [0, 0.1) is 11.8 Å². The van der Waals surface area contributed by atoms with Gasteiger partial charge in [-0.2, -0.15) is 0 Å². The topological polar surface area (TPSA) is 44.4 Å². The third-order valence-electron chi connectivity index (χ3n) is 5.28. The van der Waals surface area contributed by atoms with E-state index in [4.69, 9.17) is 0 Å². The van der Waals surface area contributed by atoms with E-state index in [-0.39, 0.29) is 17.4 Å². The molecule has 3 unspecified atom stereocenters. The molecule has 1 aliphatic heterocycles. The second kappa shape index (κ2) is 6.90. The average Bonchev–Trinajstić information content (AvgIpc) is 2.45. The molecule has 0 aromatic rings. The first-order chi connectivity index (χ1) is 9.53. The molecule has 0 aromatic heterocycles. The number of nitrogens with zero attached hydrogens (tertiary/aromatic N) is 1. The number of carbonyl (C=O) groups excluding carboxylic acids is 1. The highest BCUT2D eigenvalue weighted by Gasteiger charge is 2.37. The minimum atomic E-state index is 0.162. The summed E-state index contributed by atoms with van der Waals surface area (Å²) in [5.41, 5.74) is 0.162. The van der Waals surface area contributed by atoms with Gasteiger partial charge in [-0.1, -0.05) is 19.8 Å². The average molecular weight is 281 g/mol. The molecule has 2 fully saturated rings. The number of carbonyl (C=O) groups is 1. The van der Waals surface area contributed by atoms with Crippen LogP contribution in [0.15, 0.2) is 0 Å². The summed E-state index contributed by atoms with van der Waals surface area (Å²) in [5.74, 6) is 1.18. The molecule has 1 saturated carbocycles. The number of hydrogen-bond donors (Lipinski definition) is 2. The zero-order chi connectivity index (χ0) is 14.6. The van der Waals surface area contributed by atoms with Crippen LogP contribution < -0.4 is 10.6 Å². The fourth-order valence-electron chi connectivity index (χ4n) is 3.83. The van der Waals surface area contributed by atoms with Gasteiger partial charge in [-0.25, -0.2) is 0 Å². The summed E-state index contributed by atoms with van der Waals surface area (Å²) in [4.78, 5) is 14.7. The number of amides is 1. The fourth-order valence-corrected chi connectivity index (χ4v) is 3.83. The van der Waals surface area contributed by atoms with E-state index in [0.717, 1.165) is 38.4 Å². The first-order valence-corrected chi connectivity index (χ1v) is 8.19. The second-order valence-corrected chi connectivity index (χ2v) is 7.08. The Morgan fingerprint density at radius 3 is 2.75 bits per heavy atom. The molecule has 2 N–H and O–H groups in total. The van der Waals surface area contributed by atoms with Gasteiger partial charge in [0.05, 0.1) is 5.92 Å². The predicted octanol–water partition coefficient (Wildman–Crippen LogP) is 1.61. The lowest BCUT2D eigenvalue weighted by Gasteiger charge is -2.45. The van der Waals surface area contributed by atoms with E-state index in [1.807, 2.05) is 0 Å². The minimum Gasteiger partial charge on any atom is -0.354 e. The van der Waals surface area contributed by atoms with Gasteiger partial charge in [-0.15, -0.1) is 0 Å². The zero-order valence-corrected chi connectivity index (χ0v) is 13.4. The van der Waals surface area contributed by atoms with Crippen molar-refractivity contribution in [2.24, 2.45) is 11.8 Å². The Hall–Kier alpha value is -0.610. The Morgan fingerprint density at radius 2 is 2.15 bits per heavy atom. The highest BCUT2D eigenvalue weighted by Crippen LogP contribution is 2.35. The summed E-state index contributed by atoms with van der Waals surface area (Å²) in [5, 5.41) is 6.57. The van der Waals surface area contributed by atoms with Crippen LogP contribution >= 0.6 is 0 Å². The van der Waals surface area contributed by atoms with E-state index >= 15 is 0 Å². The summed E-state index contributed by atoms with van der Waals surface area (Å²) < 4.78 is 0. The van der Waals surface area contributed by atoms with Gasteiger partial charge < -0.3 is 15.5 Å². The van der Waals surface area contributed by atoms with Gasteiger partial charge in [-0.05, 0) is 52.2 Å². The Balaban J connectivity index is 1.90. The molecule has 20 heavy (non-hydrogen) atoms. The number of hydrogen-bond acceptors (Lipinski definition) is 3. The van der Waals surface area contributed by atoms with Crippen molar-refractivity contribution in [1.82, 2.24) is 15.5 Å². The molecule has 2 rings (SSSR count). The molecule has 4 heteroatoms. The Kier molecular flexibility index (Phi) is 5.44. The molecule has 0 spiro atoms. The maximum Gasteiger partial charge on any atom is 0.224 e. The van der Waals surface area contributed by atoms with E-state index in [9.17, 15) is 4.79 Å². The van der Waals surface area contributed by atoms with Crippen LogP contribution in [0.1, 0.15) is 45.4 Å². The first kappa shape index (κ1) is 15.8. The summed E-state index contributed by atoms with van der Waals surface area (Å²) in [6.45, 7) is 5.05.